The predicted molar refractivity (Wildman–Crippen MR) is 89.2 cm³/mol. The summed E-state index contributed by atoms with van der Waals surface area (Å²) in [5, 5.41) is 0.471. The molecule has 0 radical (unpaired) electrons. The molecular formula is C18H15F4N3O2. The van der Waals surface area contributed by atoms with Gasteiger partial charge in [-0.05, 0) is 36.8 Å². The predicted octanol–water partition coefficient (Wildman–Crippen LogP) is 4.03. The molecule has 0 atom stereocenters. The molecule has 0 N–H and O–H groups in total. The normalized spacial score (nSPS) is 11.6. The minimum absolute atomic E-state index is 0.0322. The average Bonchev–Trinajstić information content (AvgIpc) is 2.61. The van der Waals surface area contributed by atoms with Crippen LogP contribution in [0.1, 0.15) is 11.3 Å². The van der Waals surface area contributed by atoms with Crippen LogP contribution >= 0.6 is 0 Å². The van der Waals surface area contributed by atoms with Gasteiger partial charge in [-0.25, -0.2) is 14.4 Å². The number of rotatable bonds is 6. The summed E-state index contributed by atoms with van der Waals surface area (Å²) in [6.07, 6.45) is -1.56. The van der Waals surface area contributed by atoms with Crippen molar-refractivity contribution in [1.29, 1.82) is 0 Å². The van der Waals surface area contributed by atoms with Crippen molar-refractivity contribution in [3.8, 4) is 11.6 Å². The van der Waals surface area contributed by atoms with Crippen molar-refractivity contribution in [2.45, 2.75) is 19.5 Å². The number of hydrogen-bond acceptors (Lipinski definition) is 5. The fourth-order valence-corrected chi connectivity index (χ4v) is 2.41. The van der Waals surface area contributed by atoms with E-state index in [1.807, 2.05) is 0 Å². The minimum atomic E-state index is -4.40. The van der Waals surface area contributed by atoms with Crippen LogP contribution in [0.15, 0.2) is 36.8 Å². The van der Waals surface area contributed by atoms with Gasteiger partial charge in [0.25, 0.3) is 0 Å². The van der Waals surface area contributed by atoms with E-state index in [4.69, 9.17) is 4.74 Å². The fourth-order valence-electron chi connectivity index (χ4n) is 2.41. The van der Waals surface area contributed by atoms with Crippen molar-refractivity contribution >= 4 is 10.9 Å². The highest BCUT2D eigenvalue weighted by atomic mass is 19.4. The van der Waals surface area contributed by atoms with Crippen molar-refractivity contribution in [2.24, 2.45) is 0 Å². The Kier molecular flexibility index (Phi) is 5.38. The highest BCUT2D eigenvalue weighted by Crippen LogP contribution is 2.25. The Morgan fingerprint density at radius 2 is 1.85 bits per heavy atom. The lowest BCUT2D eigenvalue weighted by Gasteiger charge is -2.10. The smallest absolute Gasteiger partial charge is 0.422 e. The zero-order valence-electron chi connectivity index (χ0n) is 14.3. The Morgan fingerprint density at radius 3 is 2.56 bits per heavy atom. The van der Waals surface area contributed by atoms with Gasteiger partial charge in [0.1, 0.15) is 23.4 Å². The topological polar surface area (TPSA) is 57.1 Å². The standard InChI is InChI=1S/C18H15F4N3O2/c1-11-6-14-16(15(19)7-11)24-10-25-17(14)26-5-4-12-2-3-13(8-23-12)27-9-18(20,21)22/h2-3,6-8,10H,4-5,9H2,1H3. The third-order valence-corrected chi connectivity index (χ3v) is 3.60. The van der Waals surface area contributed by atoms with Crippen LogP contribution < -0.4 is 9.47 Å². The lowest BCUT2D eigenvalue weighted by atomic mass is 10.1. The molecule has 0 bridgehead atoms. The van der Waals surface area contributed by atoms with Crippen molar-refractivity contribution in [2.75, 3.05) is 13.2 Å². The molecule has 0 unspecified atom stereocenters. The van der Waals surface area contributed by atoms with Crippen LogP contribution in [0.3, 0.4) is 0 Å². The zero-order valence-corrected chi connectivity index (χ0v) is 14.3. The van der Waals surface area contributed by atoms with Crippen LogP contribution in [0.25, 0.3) is 10.9 Å². The van der Waals surface area contributed by atoms with Crippen LogP contribution in [0, 0.1) is 12.7 Å². The highest BCUT2D eigenvalue weighted by Gasteiger charge is 2.28. The third kappa shape index (κ3) is 5.02. The van der Waals surface area contributed by atoms with E-state index in [0.29, 0.717) is 17.5 Å². The monoisotopic (exact) mass is 381 g/mol. The van der Waals surface area contributed by atoms with Gasteiger partial charge in [-0.2, -0.15) is 13.2 Å². The Bertz CT molecular complexity index is 930. The fraction of sp³-hybridized carbons (Fsp3) is 0.278. The zero-order chi connectivity index (χ0) is 19.4. The lowest BCUT2D eigenvalue weighted by Crippen LogP contribution is -2.19. The molecule has 2 heterocycles. The number of halogens is 4. The van der Waals surface area contributed by atoms with Crippen LogP contribution in [-0.2, 0) is 6.42 Å². The Hall–Kier alpha value is -2.97. The molecular weight excluding hydrogens is 366 g/mol. The second kappa shape index (κ2) is 7.73. The average molecular weight is 381 g/mol. The van der Waals surface area contributed by atoms with Crippen LogP contribution in [-0.4, -0.2) is 34.3 Å². The number of fused-ring (bicyclic) bond motifs is 1. The first-order valence-corrected chi connectivity index (χ1v) is 8.00. The molecule has 1 aromatic carbocycles. The second-order valence-corrected chi connectivity index (χ2v) is 5.81. The second-order valence-electron chi connectivity index (χ2n) is 5.81. The van der Waals surface area contributed by atoms with Gasteiger partial charge in [-0.1, -0.05) is 0 Å². The molecule has 5 nitrogen and oxygen atoms in total. The van der Waals surface area contributed by atoms with E-state index in [1.54, 1.807) is 19.1 Å². The van der Waals surface area contributed by atoms with E-state index in [2.05, 4.69) is 19.7 Å². The molecule has 9 heteroatoms. The first-order chi connectivity index (χ1) is 12.8. The summed E-state index contributed by atoms with van der Waals surface area (Å²) in [5.74, 6) is -0.161. The van der Waals surface area contributed by atoms with Gasteiger partial charge in [0.05, 0.1) is 18.2 Å². The summed E-state index contributed by atoms with van der Waals surface area (Å²) >= 11 is 0. The third-order valence-electron chi connectivity index (χ3n) is 3.60. The Balaban J connectivity index is 1.61. The Morgan fingerprint density at radius 1 is 1.04 bits per heavy atom. The molecule has 0 amide bonds. The van der Waals surface area contributed by atoms with Crippen LogP contribution in [0.5, 0.6) is 11.6 Å². The molecule has 0 aliphatic heterocycles. The van der Waals surface area contributed by atoms with E-state index in [9.17, 15) is 17.6 Å². The molecule has 0 saturated carbocycles. The minimum Gasteiger partial charge on any atom is -0.483 e. The van der Waals surface area contributed by atoms with Gasteiger partial charge in [-0.3, -0.25) is 4.98 Å². The van der Waals surface area contributed by atoms with Crippen molar-refractivity contribution in [3.63, 3.8) is 0 Å². The highest BCUT2D eigenvalue weighted by molar-refractivity contribution is 5.84. The Labute approximate surface area is 152 Å². The molecule has 27 heavy (non-hydrogen) atoms. The number of aryl methyl sites for hydroxylation is 1. The molecule has 3 rings (SSSR count). The number of pyridine rings is 1. The maximum Gasteiger partial charge on any atom is 0.422 e. The summed E-state index contributed by atoms with van der Waals surface area (Å²) < 4.78 is 60.5. The van der Waals surface area contributed by atoms with E-state index in [1.165, 1.54) is 24.7 Å². The maximum atomic E-state index is 14.0. The molecule has 0 fully saturated rings. The van der Waals surface area contributed by atoms with Gasteiger partial charge >= 0.3 is 6.18 Å². The number of alkyl halides is 3. The first kappa shape index (κ1) is 18.8. The van der Waals surface area contributed by atoms with Gasteiger partial charge in [0.15, 0.2) is 6.61 Å². The van der Waals surface area contributed by atoms with Gasteiger partial charge < -0.3 is 9.47 Å². The molecule has 0 aliphatic carbocycles. The number of ether oxygens (including phenoxy) is 2. The van der Waals surface area contributed by atoms with Gasteiger partial charge in [0.2, 0.25) is 5.88 Å². The summed E-state index contributed by atoms with van der Waals surface area (Å²) in [6, 6.07) is 6.08. The van der Waals surface area contributed by atoms with E-state index >= 15 is 0 Å². The summed E-state index contributed by atoms with van der Waals surface area (Å²) in [7, 11) is 0. The summed E-state index contributed by atoms with van der Waals surface area (Å²) in [4.78, 5) is 12.0. The SMILES string of the molecule is Cc1cc(F)c2ncnc(OCCc3ccc(OCC(F)(F)F)cn3)c2c1. The van der Waals surface area contributed by atoms with E-state index < -0.39 is 18.6 Å². The molecule has 3 aromatic rings. The largest absolute Gasteiger partial charge is 0.483 e. The molecule has 0 spiro atoms. The summed E-state index contributed by atoms with van der Waals surface area (Å²) in [5.41, 5.74) is 1.50. The molecule has 2 aromatic heterocycles. The van der Waals surface area contributed by atoms with E-state index in [0.717, 1.165) is 5.56 Å². The van der Waals surface area contributed by atoms with Crippen molar-refractivity contribution in [3.05, 3.63) is 53.9 Å². The lowest BCUT2D eigenvalue weighted by molar-refractivity contribution is -0.153. The number of hydrogen-bond donors (Lipinski definition) is 0. The van der Waals surface area contributed by atoms with Crippen LogP contribution in [0.2, 0.25) is 0 Å². The molecule has 0 aliphatic rings. The number of aromatic nitrogens is 3. The number of benzene rings is 1. The maximum absolute atomic E-state index is 14.0. The molecule has 0 saturated heterocycles. The first-order valence-electron chi connectivity index (χ1n) is 8.00. The number of nitrogens with zero attached hydrogens (tertiary/aromatic N) is 3. The summed E-state index contributed by atoms with van der Waals surface area (Å²) in [6.45, 7) is 0.594. The van der Waals surface area contributed by atoms with Crippen molar-refractivity contribution < 1.29 is 27.0 Å². The van der Waals surface area contributed by atoms with Gasteiger partial charge in [0, 0.05) is 12.1 Å². The van der Waals surface area contributed by atoms with E-state index in [-0.39, 0.29) is 23.8 Å². The van der Waals surface area contributed by atoms with Gasteiger partial charge in [-0.15, -0.1) is 0 Å². The van der Waals surface area contributed by atoms with Crippen LogP contribution in [0.4, 0.5) is 17.6 Å². The molecule has 142 valence electrons. The quantitative estimate of drug-likeness (QED) is 0.604. The van der Waals surface area contributed by atoms with Crippen molar-refractivity contribution in [1.82, 2.24) is 15.0 Å².